The minimum absolute atomic E-state index is 0.0906. The van der Waals surface area contributed by atoms with Crippen LogP contribution in [0.3, 0.4) is 0 Å². The third-order valence-corrected chi connectivity index (χ3v) is 3.80. The van der Waals surface area contributed by atoms with Gasteiger partial charge in [-0.1, -0.05) is 26.0 Å². The molecular formula is C12H15FO4S. The lowest BCUT2D eigenvalue weighted by Crippen LogP contribution is -2.24. The smallest absolute Gasteiger partial charge is 0.304 e. The maximum absolute atomic E-state index is 14.1. The van der Waals surface area contributed by atoms with Gasteiger partial charge in [0.05, 0.1) is 6.42 Å². The van der Waals surface area contributed by atoms with Gasteiger partial charge in [-0.25, -0.2) is 12.8 Å². The molecule has 0 aliphatic rings. The van der Waals surface area contributed by atoms with Crippen molar-refractivity contribution in [3.63, 3.8) is 0 Å². The fourth-order valence-electron chi connectivity index (χ4n) is 1.79. The van der Waals surface area contributed by atoms with Crippen LogP contribution in [-0.4, -0.2) is 25.7 Å². The van der Waals surface area contributed by atoms with Crippen molar-refractivity contribution >= 4 is 15.8 Å². The lowest BCUT2D eigenvalue weighted by atomic mass is 9.81. The van der Waals surface area contributed by atoms with Crippen molar-refractivity contribution in [1.82, 2.24) is 0 Å². The predicted molar refractivity (Wildman–Crippen MR) is 64.8 cm³/mol. The van der Waals surface area contributed by atoms with Gasteiger partial charge in [0.25, 0.3) is 0 Å². The number of benzene rings is 1. The topological polar surface area (TPSA) is 71.4 Å². The van der Waals surface area contributed by atoms with Gasteiger partial charge in [-0.05, 0) is 11.6 Å². The van der Waals surface area contributed by atoms with Crippen LogP contribution in [0.2, 0.25) is 0 Å². The highest BCUT2D eigenvalue weighted by Crippen LogP contribution is 2.31. The molecule has 0 radical (unpaired) electrons. The summed E-state index contributed by atoms with van der Waals surface area (Å²) in [6.07, 6.45) is 0.635. The highest BCUT2D eigenvalue weighted by molar-refractivity contribution is 7.90. The first-order valence-corrected chi connectivity index (χ1v) is 7.15. The number of aliphatic carboxylic acids is 1. The molecule has 1 aromatic carbocycles. The van der Waals surface area contributed by atoms with E-state index in [1.165, 1.54) is 18.2 Å². The molecule has 18 heavy (non-hydrogen) atoms. The lowest BCUT2D eigenvalue weighted by molar-refractivity contribution is -0.138. The molecule has 6 heteroatoms. The van der Waals surface area contributed by atoms with Gasteiger partial charge in [0, 0.05) is 11.7 Å². The largest absolute Gasteiger partial charge is 0.481 e. The lowest BCUT2D eigenvalue weighted by Gasteiger charge is -2.24. The summed E-state index contributed by atoms with van der Waals surface area (Å²) in [5.74, 6) is -1.93. The Labute approximate surface area is 105 Å². The zero-order valence-corrected chi connectivity index (χ0v) is 11.2. The zero-order chi connectivity index (χ0) is 14.1. The van der Waals surface area contributed by atoms with Gasteiger partial charge >= 0.3 is 5.97 Å². The van der Waals surface area contributed by atoms with Crippen LogP contribution in [-0.2, 0) is 20.0 Å². The number of sulfone groups is 1. The molecule has 0 saturated heterocycles. The van der Waals surface area contributed by atoms with Crippen LogP contribution in [0.4, 0.5) is 4.39 Å². The minimum Gasteiger partial charge on any atom is -0.481 e. The van der Waals surface area contributed by atoms with E-state index in [0.29, 0.717) is 0 Å². The van der Waals surface area contributed by atoms with Crippen LogP contribution < -0.4 is 0 Å². The number of carboxylic acids is 1. The molecule has 1 aromatic rings. The molecule has 0 saturated carbocycles. The number of hydrogen-bond donors (Lipinski definition) is 1. The monoisotopic (exact) mass is 274 g/mol. The van der Waals surface area contributed by atoms with Crippen molar-refractivity contribution in [2.24, 2.45) is 0 Å². The van der Waals surface area contributed by atoms with E-state index < -0.39 is 31.9 Å². The molecule has 0 spiro atoms. The third kappa shape index (κ3) is 3.07. The fourth-order valence-corrected chi connectivity index (χ4v) is 2.55. The van der Waals surface area contributed by atoms with Crippen molar-refractivity contribution < 1.29 is 22.7 Å². The van der Waals surface area contributed by atoms with E-state index in [4.69, 9.17) is 5.11 Å². The molecule has 100 valence electrons. The summed E-state index contributed by atoms with van der Waals surface area (Å²) >= 11 is 0. The number of carboxylic acid groups (broad SMARTS) is 1. The number of hydrogen-bond acceptors (Lipinski definition) is 3. The summed E-state index contributed by atoms with van der Waals surface area (Å²) in [6, 6.07) is 4.00. The van der Waals surface area contributed by atoms with Gasteiger partial charge in [-0.2, -0.15) is 0 Å². The molecule has 0 amide bonds. The van der Waals surface area contributed by atoms with Crippen LogP contribution in [0, 0.1) is 5.82 Å². The minimum atomic E-state index is -3.67. The molecule has 1 rings (SSSR count). The summed E-state index contributed by atoms with van der Waals surface area (Å²) in [4.78, 5) is 10.3. The second-order valence-corrected chi connectivity index (χ2v) is 6.83. The van der Waals surface area contributed by atoms with Crippen LogP contribution >= 0.6 is 0 Å². The number of carbonyl (C=O) groups is 1. The number of rotatable bonds is 4. The Morgan fingerprint density at radius 2 is 1.94 bits per heavy atom. The van der Waals surface area contributed by atoms with Crippen LogP contribution in [0.15, 0.2) is 23.1 Å². The van der Waals surface area contributed by atoms with Crippen LogP contribution in [0.1, 0.15) is 25.8 Å². The Morgan fingerprint density at radius 1 is 1.39 bits per heavy atom. The van der Waals surface area contributed by atoms with E-state index in [1.807, 2.05) is 0 Å². The Bertz CT molecular complexity index is 576. The van der Waals surface area contributed by atoms with Crippen molar-refractivity contribution in [3.8, 4) is 0 Å². The standard InChI is InChI=1S/C12H15FO4S/c1-12(2,7-10(14)15)8-5-4-6-9(11(8)13)18(3,16)17/h4-6H,7H2,1-3H3,(H,14,15). The SMILES string of the molecule is CC(C)(CC(=O)O)c1cccc(S(C)(=O)=O)c1F. The van der Waals surface area contributed by atoms with Gasteiger partial charge in [0.15, 0.2) is 9.84 Å². The summed E-state index contributed by atoms with van der Waals surface area (Å²) in [6.45, 7) is 3.12. The molecule has 0 bridgehead atoms. The summed E-state index contributed by atoms with van der Waals surface area (Å²) in [5.41, 5.74) is -0.885. The Balaban J connectivity index is 3.40. The second-order valence-electron chi connectivity index (χ2n) is 4.84. The number of halogens is 1. The average Bonchev–Trinajstić information content (AvgIpc) is 2.13. The molecule has 4 nitrogen and oxygen atoms in total. The summed E-state index contributed by atoms with van der Waals surface area (Å²) in [7, 11) is -3.67. The molecule has 0 aliphatic carbocycles. The summed E-state index contributed by atoms with van der Waals surface area (Å²) in [5, 5.41) is 8.79. The van der Waals surface area contributed by atoms with Crippen molar-refractivity contribution in [1.29, 1.82) is 0 Å². The molecule has 0 fully saturated rings. The molecule has 0 aliphatic heterocycles. The van der Waals surface area contributed by atoms with Crippen molar-refractivity contribution in [3.05, 3.63) is 29.6 Å². The highest BCUT2D eigenvalue weighted by Gasteiger charge is 2.29. The Hall–Kier alpha value is -1.43. The van der Waals surface area contributed by atoms with Crippen molar-refractivity contribution in [2.45, 2.75) is 30.6 Å². The molecule has 0 aromatic heterocycles. The molecule has 0 atom stereocenters. The van der Waals surface area contributed by atoms with E-state index in [2.05, 4.69) is 0 Å². The molecule has 1 N–H and O–H groups in total. The predicted octanol–water partition coefficient (Wildman–Crippen LogP) is 1.98. The van der Waals surface area contributed by atoms with E-state index in [1.54, 1.807) is 13.8 Å². The zero-order valence-electron chi connectivity index (χ0n) is 10.4. The maximum atomic E-state index is 14.1. The molecular weight excluding hydrogens is 259 g/mol. The van der Waals surface area contributed by atoms with E-state index >= 15 is 0 Å². The van der Waals surface area contributed by atoms with Gasteiger partial charge in [0.2, 0.25) is 0 Å². The molecule has 0 unspecified atom stereocenters. The third-order valence-electron chi connectivity index (χ3n) is 2.69. The first-order chi connectivity index (χ1) is 8.05. The Kier molecular flexibility index (Phi) is 3.81. The quantitative estimate of drug-likeness (QED) is 0.911. The first-order valence-electron chi connectivity index (χ1n) is 5.26. The Morgan fingerprint density at radius 3 is 2.39 bits per heavy atom. The van der Waals surface area contributed by atoms with E-state index in [9.17, 15) is 17.6 Å². The van der Waals surface area contributed by atoms with E-state index in [-0.39, 0.29) is 12.0 Å². The van der Waals surface area contributed by atoms with Gasteiger partial charge in [0.1, 0.15) is 10.7 Å². The summed E-state index contributed by atoms with van der Waals surface area (Å²) < 4.78 is 36.9. The van der Waals surface area contributed by atoms with E-state index in [0.717, 1.165) is 6.26 Å². The van der Waals surface area contributed by atoms with Gasteiger partial charge in [-0.3, -0.25) is 4.79 Å². The normalized spacial score (nSPS) is 12.4. The van der Waals surface area contributed by atoms with Gasteiger partial charge < -0.3 is 5.11 Å². The highest BCUT2D eigenvalue weighted by atomic mass is 32.2. The fraction of sp³-hybridized carbons (Fsp3) is 0.417. The first kappa shape index (κ1) is 14.6. The average molecular weight is 274 g/mol. The second kappa shape index (κ2) is 4.68. The van der Waals surface area contributed by atoms with Crippen LogP contribution in [0.5, 0.6) is 0 Å². The maximum Gasteiger partial charge on any atom is 0.304 e. The van der Waals surface area contributed by atoms with Gasteiger partial charge in [-0.15, -0.1) is 0 Å². The van der Waals surface area contributed by atoms with Crippen molar-refractivity contribution in [2.75, 3.05) is 6.26 Å². The van der Waals surface area contributed by atoms with Crippen LogP contribution in [0.25, 0.3) is 0 Å². The molecule has 0 heterocycles.